The number of phenols is 1. The van der Waals surface area contributed by atoms with Gasteiger partial charge in [0.1, 0.15) is 5.75 Å². The number of carbonyl (C=O) groups excluding carboxylic acids is 1. The van der Waals surface area contributed by atoms with Crippen LogP contribution in [0.3, 0.4) is 0 Å². The average molecular weight is 241 g/mol. The number of phenolic OH excluding ortho intramolecular Hbond substituents is 1. The monoisotopic (exact) mass is 241 g/mol. The normalized spacial score (nSPS) is 10.1. The highest BCUT2D eigenvalue weighted by atomic mass is 16.3. The third kappa shape index (κ3) is 2.51. The number of amides is 1. The molecule has 0 spiro atoms. The fraction of sp³-hybridized carbons (Fsp3) is 0.133. The molecule has 1 amide bonds. The SMILES string of the molecule is Cc1cc(C)c(NC(=O)c2ccccc2)c(O)c1. The predicted molar refractivity (Wildman–Crippen MR) is 72.0 cm³/mol. The third-order valence-electron chi connectivity index (χ3n) is 2.73. The van der Waals surface area contributed by atoms with Crippen molar-refractivity contribution in [2.45, 2.75) is 13.8 Å². The van der Waals surface area contributed by atoms with E-state index in [0.29, 0.717) is 11.3 Å². The molecule has 3 heteroatoms. The van der Waals surface area contributed by atoms with Crippen molar-refractivity contribution in [2.24, 2.45) is 0 Å². The third-order valence-corrected chi connectivity index (χ3v) is 2.73. The first-order valence-corrected chi connectivity index (χ1v) is 5.74. The first kappa shape index (κ1) is 12.2. The molecule has 0 saturated carbocycles. The molecule has 2 N–H and O–H groups in total. The van der Waals surface area contributed by atoms with Gasteiger partial charge in [0.05, 0.1) is 5.69 Å². The first-order valence-electron chi connectivity index (χ1n) is 5.74. The zero-order chi connectivity index (χ0) is 13.1. The summed E-state index contributed by atoms with van der Waals surface area (Å²) in [6.07, 6.45) is 0. The Balaban J connectivity index is 2.28. The van der Waals surface area contributed by atoms with Crippen LogP contribution < -0.4 is 5.32 Å². The summed E-state index contributed by atoms with van der Waals surface area (Å²) in [6, 6.07) is 12.5. The Hall–Kier alpha value is -2.29. The van der Waals surface area contributed by atoms with Crippen molar-refractivity contribution in [3.05, 3.63) is 59.2 Å². The molecule has 18 heavy (non-hydrogen) atoms. The number of hydrogen-bond acceptors (Lipinski definition) is 2. The molecular formula is C15H15NO2. The molecule has 0 bridgehead atoms. The number of rotatable bonds is 2. The van der Waals surface area contributed by atoms with Gasteiger partial charge in [0.25, 0.3) is 5.91 Å². The van der Waals surface area contributed by atoms with E-state index in [9.17, 15) is 9.90 Å². The minimum absolute atomic E-state index is 0.0942. The van der Waals surface area contributed by atoms with Crippen LogP contribution in [0.1, 0.15) is 21.5 Å². The van der Waals surface area contributed by atoms with E-state index < -0.39 is 0 Å². The zero-order valence-electron chi connectivity index (χ0n) is 10.4. The minimum atomic E-state index is -0.224. The van der Waals surface area contributed by atoms with Crippen molar-refractivity contribution in [3.8, 4) is 5.75 Å². The van der Waals surface area contributed by atoms with Crippen molar-refractivity contribution in [2.75, 3.05) is 5.32 Å². The van der Waals surface area contributed by atoms with Gasteiger partial charge in [-0.3, -0.25) is 4.79 Å². The van der Waals surface area contributed by atoms with Gasteiger partial charge in [0.2, 0.25) is 0 Å². The van der Waals surface area contributed by atoms with Crippen molar-refractivity contribution in [1.29, 1.82) is 0 Å². The van der Waals surface area contributed by atoms with Crippen LogP contribution >= 0.6 is 0 Å². The predicted octanol–water partition coefficient (Wildman–Crippen LogP) is 3.26. The fourth-order valence-electron chi connectivity index (χ4n) is 1.88. The molecular weight excluding hydrogens is 226 g/mol. The maximum Gasteiger partial charge on any atom is 0.255 e. The van der Waals surface area contributed by atoms with E-state index in [1.165, 1.54) is 0 Å². The van der Waals surface area contributed by atoms with E-state index in [2.05, 4.69) is 5.32 Å². The molecule has 0 unspecified atom stereocenters. The number of aromatic hydroxyl groups is 1. The number of benzene rings is 2. The maximum absolute atomic E-state index is 12.0. The van der Waals surface area contributed by atoms with E-state index in [0.717, 1.165) is 11.1 Å². The van der Waals surface area contributed by atoms with Crippen LogP contribution in [0.5, 0.6) is 5.75 Å². The minimum Gasteiger partial charge on any atom is -0.506 e. The van der Waals surface area contributed by atoms with Gasteiger partial charge in [0.15, 0.2) is 0 Å². The van der Waals surface area contributed by atoms with Crippen LogP contribution in [0.2, 0.25) is 0 Å². The van der Waals surface area contributed by atoms with Gasteiger partial charge in [0, 0.05) is 5.56 Å². The van der Waals surface area contributed by atoms with Crippen LogP contribution in [0.15, 0.2) is 42.5 Å². The molecule has 0 aliphatic rings. The van der Waals surface area contributed by atoms with Gasteiger partial charge < -0.3 is 10.4 Å². The lowest BCUT2D eigenvalue weighted by molar-refractivity contribution is 0.102. The summed E-state index contributed by atoms with van der Waals surface area (Å²) in [7, 11) is 0. The Morgan fingerprint density at radius 3 is 2.39 bits per heavy atom. The van der Waals surface area contributed by atoms with Gasteiger partial charge in [-0.1, -0.05) is 24.3 Å². The molecule has 0 saturated heterocycles. The smallest absolute Gasteiger partial charge is 0.255 e. The molecule has 0 fully saturated rings. The van der Waals surface area contributed by atoms with E-state index in [1.54, 1.807) is 30.3 Å². The number of aryl methyl sites for hydroxylation is 2. The van der Waals surface area contributed by atoms with Gasteiger partial charge in [-0.2, -0.15) is 0 Å². The molecule has 3 nitrogen and oxygen atoms in total. The molecule has 0 atom stereocenters. The highest BCUT2D eigenvalue weighted by molar-refractivity contribution is 6.05. The molecule has 0 aliphatic heterocycles. The van der Waals surface area contributed by atoms with E-state index >= 15 is 0 Å². The number of nitrogens with one attached hydrogen (secondary N) is 1. The lowest BCUT2D eigenvalue weighted by Crippen LogP contribution is -2.12. The second-order valence-corrected chi connectivity index (χ2v) is 4.30. The van der Waals surface area contributed by atoms with Gasteiger partial charge in [-0.05, 0) is 43.2 Å². The molecule has 0 heterocycles. The van der Waals surface area contributed by atoms with Crippen LogP contribution in [0.4, 0.5) is 5.69 Å². The fourth-order valence-corrected chi connectivity index (χ4v) is 1.88. The molecule has 0 aliphatic carbocycles. The standard InChI is InChI=1S/C15H15NO2/c1-10-8-11(2)14(13(17)9-10)16-15(18)12-6-4-3-5-7-12/h3-9,17H,1-2H3,(H,16,18). The van der Waals surface area contributed by atoms with E-state index in [4.69, 9.17) is 0 Å². The van der Waals surface area contributed by atoms with Crippen molar-refractivity contribution < 1.29 is 9.90 Å². The lowest BCUT2D eigenvalue weighted by Gasteiger charge is -2.11. The maximum atomic E-state index is 12.0. The number of anilines is 1. The summed E-state index contributed by atoms with van der Waals surface area (Å²) < 4.78 is 0. The second-order valence-electron chi connectivity index (χ2n) is 4.30. The molecule has 0 aromatic heterocycles. The molecule has 2 aromatic carbocycles. The Morgan fingerprint density at radius 1 is 1.11 bits per heavy atom. The molecule has 0 radical (unpaired) electrons. The molecule has 2 rings (SSSR count). The van der Waals surface area contributed by atoms with Gasteiger partial charge >= 0.3 is 0 Å². The van der Waals surface area contributed by atoms with Gasteiger partial charge in [-0.25, -0.2) is 0 Å². The van der Waals surface area contributed by atoms with Gasteiger partial charge in [-0.15, -0.1) is 0 Å². The van der Waals surface area contributed by atoms with Crippen LogP contribution in [0.25, 0.3) is 0 Å². The summed E-state index contributed by atoms with van der Waals surface area (Å²) in [5, 5.41) is 12.6. The topological polar surface area (TPSA) is 49.3 Å². The van der Waals surface area contributed by atoms with Crippen molar-refractivity contribution in [1.82, 2.24) is 0 Å². The van der Waals surface area contributed by atoms with Crippen LogP contribution in [0, 0.1) is 13.8 Å². The molecule has 92 valence electrons. The summed E-state index contributed by atoms with van der Waals surface area (Å²) in [4.78, 5) is 12.0. The summed E-state index contributed by atoms with van der Waals surface area (Å²) in [5.41, 5.74) is 2.84. The quantitative estimate of drug-likeness (QED) is 0.793. The Morgan fingerprint density at radius 2 is 1.78 bits per heavy atom. The average Bonchev–Trinajstić information content (AvgIpc) is 2.34. The van der Waals surface area contributed by atoms with Crippen molar-refractivity contribution in [3.63, 3.8) is 0 Å². The number of hydrogen-bond donors (Lipinski definition) is 2. The van der Waals surface area contributed by atoms with Crippen LogP contribution in [-0.2, 0) is 0 Å². The Labute approximate surface area is 106 Å². The highest BCUT2D eigenvalue weighted by Crippen LogP contribution is 2.28. The summed E-state index contributed by atoms with van der Waals surface area (Å²) >= 11 is 0. The molecule has 2 aromatic rings. The number of carbonyl (C=O) groups is 1. The van der Waals surface area contributed by atoms with Crippen LogP contribution in [-0.4, -0.2) is 11.0 Å². The highest BCUT2D eigenvalue weighted by Gasteiger charge is 2.11. The van der Waals surface area contributed by atoms with E-state index in [-0.39, 0.29) is 11.7 Å². The summed E-state index contributed by atoms with van der Waals surface area (Å²) in [5.74, 6) is -0.130. The summed E-state index contributed by atoms with van der Waals surface area (Å²) in [6.45, 7) is 3.75. The Kier molecular flexibility index (Phi) is 3.33. The van der Waals surface area contributed by atoms with Crippen molar-refractivity contribution >= 4 is 11.6 Å². The first-order chi connectivity index (χ1) is 8.58. The largest absolute Gasteiger partial charge is 0.506 e. The lowest BCUT2D eigenvalue weighted by atomic mass is 10.1. The zero-order valence-corrected chi connectivity index (χ0v) is 10.4. The van der Waals surface area contributed by atoms with E-state index in [1.807, 2.05) is 26.0 Å². The Bertz CT molecular complexity index is 553. The second kappa shape index (κ2) is 4.92.